The van der Waals surface area contributed by atoms with Gasteiger partial charge in [-0.15, -0.1) is 0 Å². The molecule has 0 fully saturated rings. The lowest BCUT2D eigenvalue weighted by molar-refractivity contribution is 0.601. The number of aryl methyl sites for hydroxylation is 1. The van der Waals surface area contributed by atoms with Gasteiger partial charge in [0.1, 0.15) is 4.60 Å². The average molecular weight is 357 g/mol. The molecule has 0 amide bonds. The molecule has 2 aromatic rings. The molecule has 8 heteroatoms. The Morgan fingerprint density at radius 1 is 1.20 bits per heavy atom. The third-order valence-electron chi connectivity index (χ3n) is 2.85. The average Bonchev–Trinajstić information content (AvgIpc) is 2.38. The van der Waals surface area contributed by atoms with Crippen LogP contribution in [0.4, 0.5) is 11.5 Å². The Balaban J connectivity index is 2.38. The van der Waals surface area contributed by atoms with Crippen molar-refractivity contribution in [3.8, 4) is 0 Å². The Labute approximate surface area is 125 Å². The number of nitrogen functional groups attached to an aromatic ring is 1. The fraction of sp³-hybridized carbons (Fsp3) is 0.167. The minimum Gasteiger partial charge on any atom is -0.398 e. The lowest BCUT2D eigenvalue weighted by Crippen LogP contribution is -2.15. The highest BCUT2D eigenvalue weighted by atomic mass is 79.9. The van der Waals surface area contributed by atoms with E-state index >= 15 is 0 Å². The number of nitrogens with one attached hydrogen (secondary N) is 1. The van der Waals surface area contributed by atoms with Crippen LogP contribution in [0.15, 0.2) is 34.0 Å². The second-order valence-corrected chi connectivity index (χ2v) is 6.78. The van der Waals surface area contributed by atoms with Crippen LogP contribution in [0.5, 0.6) is 0 Å². The first kappa shape index (κ1) is 14.7. The van der Waals surface area contributed by atoms with Crippen molar-refractivity contribution >= 4 is 37.5 Å². The van der Waals surface area contributed by atoms with Crippen molar-refractivity contribution in [3.63, 3.8) is 0 Å². The second kappa shape index (κ2) is 5.37. The van der Waals surface area contributed by atoms with Crippen molar-refractivity contribution in [2.75, 3.05) is 10.5 Å². The minimum atomic E-state index is -3.74. The van der Waals surface area contributed by atoms with Gasteiger partial charge in [0.15, 0.2) is 5.82 Å². The first-order chi connectivity index (χ1) is 9.29. The molecule has 1 aromatic heterocycles. The zero-order valence-electron chi connectivity index (χ0n) is 10.9. The van der Waals surface area contributed by atoms with Crippen LogP contribution in [0.2, 0.25) is 0 Å². The quantitative estimate of drug-likeness (QED) is 0.821. The van der Waals surface area contributed by atoms with E-state index in [-0.39, 0.29) is 10.7 Å². The topological polar surface area (TPSA) is 98.0 Å². The number of sulfonamides is 1. The Bertz CT molecular complexity index is 722. The fourth-order valence-electron chi connectivity index (χ4n) is 1.57. The molecule has 1 aromatic carbocycles. The molecular weight excluding hydrogens is 344 g/mol. The van der Waals surface area contributed by atoms with Crippen LogP contribution in [0.1, 0.15) is 11.1 Å². The number of benzene rings is 1. The van der Waals surface area contributed by atoms with Gasteiger partial charge in [0, 0.05) is 5.69 Å². The van der Waals surface area contributed by atoms with Crippen molar-refractivity contribution in [2.45, 2.75) is 18.7 Å². The van der Waals surface area contributed by atoms with Crippen molar-refractivity contribution in [1.29, 1.82) is 0 Å². The van der Waals surface area contributed by atoms with Gasteiger partial charge in [-0.3, -0.25) is 4.72 Å². The Morgan fingerprint density at radius 3 is 2.45 bits per heavy atom. The monoisotopic (exact) mass is 356 g/mol. The molecule has 0 saturated carbocycles. The third-order valence-corrected chi connectivity index (χ3v) is 4.59. The molecule has 6 nitrogen and oxygen atoms in total. The highest BCUT2D eigenvalue weighted by Crippen LogP contribution is 2.23. The van der Waals surface area contributed by atoms with Gasteiger partial charge in [0.2, 0.25) is 0 Å². The molecule has 0 saturated heterocycles. The number of halogens is 1. The Kier molecular flexibility index (Phi) is 3.96. The van der Waals surface area contributed by atoms with E-state index < -0.39 is 10.0 Å². The molecule has 0 bridgehead atoms. The Morgan fingerprint density at radius 2 is 1.90 bits per heavy atom. The molecule has 0 radical (unpaired) electrons. The van der Waals surface area contributed by atoms with Gasteiger partial charge in [-0.2, -0.15) is 0 Å². The zero-order valence-corrected chi connectivity index (χ0v) is 13.3. The van der Waals surface area contributed by atoms with Crippen molar-refractivity contribution in [3.05, 3.63) is 40.3 Å². The maximum Gasteiger partial charge on any atom is 0.263 e. The summed E-state index contributed by atoms with van der Waals surface area (Å²) >= 11 is 3.13. The van der Waals surface area contributed by atoms with Gasteiger partial charge >= 0.3 is 0 Å². The smallest absolute Gasteiger partial charge is 0.263 e. The summed E-state index contributed by atoms with van der Waals surface area (Å²) in [5, 5.41) is 0. The summed E-state index contributed by atoms with van der Waals surface area (Å²) in [6.07, 6.45) is 2.73. The number of aromatic nitrogens is 2. The van der Waals surface area contributed by atoms with Gasteiger partial charge in [-0.05, 0) is 53.0 Å². The van der Waals surface area contributed by atoms with Crippen molar-refractivity contribution in [1.82, 2.24) is 9.97 Å². The van der Waals surface area contributed by atoms with Crippen molar-refractivity contribution < 1.29 is 8.42 Å². The third kappa shape index (κ3) is 3.07. The van der Waals surface area contributed by atoms with E-state index in [1.807, 2.05) is 13.8 Å². The van der Waals surface area contributed by atoms with Gasteiger partial charge in [-0.25, -0.2) is 18.4 Å². The van der Waals surface area contributed by atoms with Crippen LogP contribution in [-0.2, 0) is 10.0 Å². The highest BCUT2D eigenvalue weighted by molar-refractivity contribution is 9.10. The number of nitrogens with two attached hydrogens (primary N) is 1. The molecule has 1 heterocycles. The predicted molar refractivity (Wildman–Crippen MR) is 80.9 cm³/mol. The van der Waals surface area contributed by atoms with E-state index in [1.54, 1.807) is 6.07 Å². The van der Waals surface area contributed by atoms with E-state index in [0.717, 1.165) is 11.1 Å². The molecule has 0 unspecified atom stereocenters. The fourth-order valence-corrected chi connectivity index (χ4v) is 2.89. The van der Waals surface area contributed by atoms with E-state index in [1.165, 1.54) is 18.5 Å². The van der Waals surface area contributed by atoms with E-state index in [2.05, 4.69) is 30.6 Å². The first-order valence-corrected chi connectivity index (χ1v) is 7.94. The standard InChI is InChI=1S/C12H13BrN4O2S/c1-7-3-9(4-10(14)8(7)2)20(18,19)17-12-6-15-11(13)5-16-12/h3-6H,14H2,1-2H3,(H,16,17). The first-order valence-electron chi connectivity index (χ1n) is 5.66. The minimum absolute atomic E-state index is 0.0998. The molecular formula is C12H13BrN4O2S. The molecule has 0 spiro atoms. The second-order valence-electron chi connectivity index (χ2n) is 4.28. The maximum atomic E-state index is 12.3. The summed E-state index contributed by atoms with van der Waals surface area (Å²) < 4.78 is 27.4. The van der Waals surface area contributed by atoms with Crippen LogP contribution in [0.3, 0.4) is 0 Å². The number of hydrogen-bond acceptors (Lipinski definition) is 5. The predicted octanol–water partition coefficient (Wildman–Crippen LogP) is 2.24. The maximum absolute atomic E-state index is 12.3. The van der Waals surface area contributed by atoms with Crippen LogP contribution in [-0.4, -0.2) is 18.4 Å². The van der Waals surface area contributed by atoms with E-state index in [4.69, 9.17) is 5.73 Å². The van der Waals surface area contributed by atoms with Crippen LogP contribution in [0.25, 0.3) is 0 Å². The molecule has 0 aliphatic carbocycles. The van der Waals surface area contributed by atoms with Crippen LogP contribution in [0, 0.1) is 13.8 Å². The molecule has 2 rings (SSSR count). The Hall–Kier alpha value is -1.67. The molecule has 3 N–H and O–H groups in total. The lowest BCUT2D eigenvalue weighted by Gasteiger charge is -2.11. The SMILES string of the molecule is Cc1cc(S(=O)(=O)Nc2cnc(Br)cn2)cc(N)c1C. The van der Waals surface area contributed by atoms with Gasteiger partial charge < -0.3 is 5.73 Å². The zero-order chi connectivity index (χ0) is 14.9. The summed E-state index contributed by atoms with van der Waals surface area (Å²) in [6, 6.07) is 3.00. The normalized spacial score (nSPS) is 11.3. The molecule has 0 aliphatic heterocycles. The summed E-state index contributed by atoms with van der Waals surface area (Å²) in [4.78, 5) is 7.93. The number of hydrogen-bond donors (Lipinski definition) is 2. The highest BCUT2D eigenvalue weighted by Gasteiger charge is 2.17. The van der Waals surface area contributed by atoms with E-state index in [0.29, 0.717) is 10.3 Å². The van der Waals surface area contributed by atoms with E-state index in [9.17, 15) is 8.42 Å². The number of rotatable bonds is 3. The summed E-state index contributed by atoms with van der Waals surface area (Å²) in [5.41, 5.74) is 7.92. The van der Waals surface area contributed by atoms with Crippen LogP contribution >= 0.6 is 15.9 Å². The van der Waals surface area contributed by atoms with Gasteiger partial charge in [0.25, 0.3) is 10.0 Å². The lowest BCUT2D eigenvalue weighted by atomic mass is 10.1. The molecule has 20 heavy (non-hydrogen) atoms. The van der Waals surface area contributed by atoms with Crippen LogP contribution < -0.4 is 10.5 Å². The summed E-state index contributed by atoms with van der Waals surface area (Å²) in [6.45, 7) is 3.65. The number of anilines is 2. The largest absolute Gasteiger partial charge is 0.398 e. The van der Waals surface area contributed by atoms with Gasteiger partial charge in [0.05, 0.1) is 17.3 Å². The summed E-state index contributed by atoms with van der Waals surface area (Å²) in [7, 11) is -3.74. The summed E-state index contributed by atoms with van der Waals surface area (Å²) in [5.74, 6) is 0.144. The number of nitrogens with zero attached hydrogens (tertiary/aromatic N) is 2. The molecule has 0 aliphatic rings. The van der Waals surface area contributed by atoms with Crippen molar-refractivity contribution in [2.24, 2.45) is 0 Å². The molecule has 0 atom stereocenters. The molecule has 106 valence electrons. The van der Waals surface area contributed by atoms with Gasteiger partial charge in [-0.1, -0.05) is 0 Å².